The molecule has 33 heavy (non-hydrogen) atoms. The van der Waals surface area contributed by atoms with Crippen LogP contribution in [0.4, 0.5) is 5.69 Å². The number of rotatable bonds is 9. The number of aliphatic hydroxyl groups is 1. The number of piperidine rings is 1. The topological polar surface area (TPSA) is 57.5 Å². The van der Waals surface area contributed by atoms with Gasteiger partial charge in [0.2, 0.25) is 0 Å². The van der Waals surface area contributed by atoms with E-state index >= 15 is 0 Å². The van der Waals surface area contributed by atoms with Crippen molar-refractivity contribution in [2.75, 3.05) is 47.0 Å². The lowest BCUT2D eigenvalue weighted by atomic mass is 10.0. The Morgan fingerprint density at radius 3 is 2.67 bits per heavy atom. The molecule has 2 aliphatic rings. The third-order valence-electron chi connectivity index (χ3n) is 6.44. The molecule has 2 aromatic rings. The van der Waals surface area contributed by atoms with Gasteiger partial charge in [0.25, 0.3) is 0 Å². The molecular formula is C26H35N3O3S. The number of likely N-dealkylation sites (tertiary alicyclic amines) is 1. The van der Waals surface area contributed by atoms with Gasteiger partial charge in [-0.25, -0.2) is 4.99 Å². The summed E-state index contributed by atoms with van der Waals surface area (Å²) in [7, 11) is 3.84. The van der Waals surface area contributed by atoms with E-state index in [2.05, 4.69) is 53.2 Å². The van der Waals surface area contributed by atoms with Gasteiger partial charge >= 0.3 is 0 Å². The minimum atomic E-state index is -0.454. The Morgan fingerprint density at radius 2 is 1.91 bits per heavy atom. The number of nitrogens with zero attached hydrogens (tertiary/aromatic N) is 3. The van der Waals surface area contributed by atoms with Gasteiger partial charge in [0, 0.05) is 38.5 Å². The number of ether oxygens (including phenoxy) is 2. The number of aliphatic hydroxyl groups excluding tert-OH is 1. The first-order valence-corrected chi connectivity index (χ1v) is 12.7. The minimum Gasteiger partial charge on any atom is -0.497 e. The highest BCUT2D eigenvalue weighted by Gasteiger charge is 2.27. The van der Waals surface area contributed by atoms with Crippen molar-refractivity contribution >= 4 is 22.6 Å². The smallest absolute Gasteiger partial charge is 0.164 e. The minimum absolute atomic E-state index is 0.378. The van der Waals surface area contributed by atoms with Gasteiger partial charge in [-0.05, 0) is 48.6 Å². The van der Waals surface area contributed by atoms with Crippen LogP contribution in [0.3, 0.4) is 0 Å². The second-order valence-corrected chi connectivity index (χ2v) is 9.72. The number of hydrogen-bond acceptors (Lipinski definition) is 7. The summed E-state index contributed by atoms with van der Waals surface area (Å²) in [5.41, 5.74) is 3.63. The van der Waals surface area contributed by atoms with Crippen LogP contribution in [0.5, 0.6) is 5.75 Å². The van der Waals surface area contributed by atoms with E-state index in [-0.39, 0.29) is 0 Å². The van der Waals surface area contributed by atoms with Gasteiger partial charge in [0.15, 0.2) is 5.17 Å². The summed E-state index contributed by atoms with van der Waals surface area (Å²) in [6.07, 6.45) is 2.55. The fourth-order valence-corrected chi connectivity index (χ4v) is 5.44. The van der Waals surface area contributed by atoms with Crippen molar-refractivity contribution in [3.8, 4) is 5.75 Å². The average molecular weight is 470 g/mol. The Hall–Kier alpha value is -2.06. The highest BCUT2D eigenvalue weighted by molar-refractivity contribution is 8.13. The maximum Gasteiger partial charge on any atom is 0.164 e. The van der Waals surface area contributed by atoms with Crippen LogP contribution >= 0.6 is 11.8 Å². The summed E-state index contributed by atoms with van der Waals surface area (Å²) in [6, 6.07) is 16.9. The normalized spacial score (nSPS) is 17.8. The molecule has 0 aliphatic carbocycles. The van der Waals surface area contributed by atoms with Crippen LogP contribution in [0.2, 0.25) is 0 Å². The number of thioether (sulfide) groups is 1. The number of para-hydroxylation sites is 1. The van der Waals surface area contributed by atoms with Crippen molar-refractivity contribution in [1.29, 1.82) is 0 Å². The fourth-order valence-electron chi connectivity index (χ4n) is 4.40. The molecule has 0 saturated carbocycles. The molecule has 4 rings (SSSR count). The summed E-state index contributed by atoms with van der Waals surface area (Å²) in [4.78, 5) is 9.60. The molecule has 0 amide bonds. The van der Waals surface area contributed by atoms with Crippen LogP contribution in [0.25, 0.3) is 0 Å². The third-order valence-corrected chi connectivity index (χ3v) is 7.54. The van der Waals surface area contributed by atoms with Crippen LogP contribution < -0.4 is 4.74 Å². The molecule has 0 spiro atoms. The van der Waals surface area contributed by atoms with Gasteiger partial charge < -0.3 is 24.4 Å². The summed E-state index contributed by atoms with van der Waals surface area (Å²) in [5, 5.41) is 11.5. The molecule has 0 aromatic heterocycles. The van der Waals surface area contributed by atoms with Crippen LogP contribution in [-0.2, 0) is 16.9 Å². The quantitative estimate of drug-likeness (QED) is 0.562. The zero-order chi connectivity index (χ0) is 23.0. The maximum atomic E-state index is 10.4. The second kappa shape index (κ2) is 11.9. The Labute approximate surface area is 201 Å². The molecule has 0 radical (unpaired) electrons. The molecule has 2 aliphatic heterocycles. The number of amidine groups is 1. The number of fused-ring (bicyclic) bond motifs is 1. The number of benzene rings is 2. The Kier molecular flexibility index (Phi) is 8.67. The van der Waals surface area contributed by atoms with Crippen LogP contribution in [0.1, 0.15) is 24.0 Å². The van der Waals surface area contributed by atoms with Gasteiger partial charge in [-0.2, -0.15) is 0 Å². The van der Waals surface area contributed by atoms with Gasteiger partial charge in [-0.3, -0.25) is 0 Å². The number of methoxy groups -OCH3 is 1. The summed E-state index contributed by atoms with van der Waals surface area (Å²) >= 11 is 1.83. The molecule has 7 heteroatoms. The Bertz CT molecular complexity index is 913. The number of β-amino-alcohol motifs (C(OH)–C–C–N with tert-alkyl or cyclic N) is 1. The molecule has 1 atom stereocenters. The summed E-state index contributed by atoms with van der Waals surface area (Å²) in [5.74, 6) is 1.85. The molecule has 0 bridgehead atoms. The van der Waals surface area contributed by atoms with Crippen molar-refractivity contribution < 1.29 is 14.6 Å². The molecule has 178 valence electrons. The number of aliphatic imine (C=N–C) groups is 1. The fraction of sp³-hybridized carbons (Fsp3) is 0.500. The second-order valence-electron chi connectivity index (χ2n) is 8.78. The monoisotopic (exact) mass is 469 g/mol. The van der Waals surface area contributed by atoms with Gasteiger partial charge in [0.05, 0.1) is 32.1 Å². The van der Waals surface area contributed by atoms with Crippen molar-refractivity contribution in [2.24, 2.45) is 4.99 Å². The predicted octanol–water partition coefficient (Wildman–Crippen LogP) is 3.95. The summed E-state index contributed by atoms with van der Waals surface area (Å²) < 4.78 is 10.9. The first kappa shape index (κ1) is 24.1. The molecule has 1 N–H and O–H groups in total. The predicted molar refractivity (Wildman–Crippen MR) is 136 cm³/mol. The van der Waals surface area contributed by atoms with Crippen molar-refractivity contribution in [1.82, 2.24) is 9.80 Å². The largest absolute Gasteiger partial charge is 0.497 e. The van der Waals surface area contributed by atoms with E-state index in [0.29, 0.717) is 25.8 Å². The van der Waals surface area contributed by atoms with Crippen molar-refractivity contribution in [3.63, 3.8) is 0 Å². The number of hydrogen-bond donors (Lipinski definition) is 1. The SMILES string of the molecule is COc1ccc(CCOCC(O)CN2CCC(N(C)C3=Nc4ccccc4CS3)CC2)cc1. The molecular weight excluding hydrogens is 434 g/mol. The van der Waals surface area contributed by atoms with Gasteiger partial charge in [-0.15, -0.1) is 0 Å². The molecule has 1 fully saturated rings. The van der Waals surface area contributed by atoms with Crippen LogP contribution in [0, 0.1) is 0 Å². The van der Waals surface area contributed by atoms with Crippen molar-refractivity contribution in [3.05, 3.63) is 59.7 Å². The molecule has 1 saturated heterocycles. The van der Waals surface area contributed by atoms with E-state index < -0.39 is 6.10 Å². The maximum absolute atomic E-state index is 10.4. The van der Waals surface area contributed by atoms with E-state index in [1.54, 1.807) is 7.11 Å². The molecule has 1 unspecified atom stereocenters. The van der Waals surface area contributed by atoms with E-state index in [4.69, 9.17) is 14.5 Å². The first-order chi connectivity index (χ1) is 16.1. The Balaban J connectivity index is 1.14. The Morgan fingerprint density at radius 1 is 1.15 bits per heavy atom. The summed E-state index contributed by atoms with van der Waals surface area (Å²) in [6.45, 7) is 3.64. The molecule has 2 heterocycles. The zero-order valence-electron chi connectivity index (χ0n) is 19.7. The van der Waals surface area contributed by atoms with E-state index in [0.717, 1.165) is 54.7 Å². The lowest BCUT2D eigenvalue weighted by Crippen LogP contribution is -2.47. The lowest BCUT2D eigenvalue weighted by molar-refractivity contribution is 0.0112. The molecule has 6 nitrogen and oxygen atoms in total. The zero-order valence-corrected chi connectivity index (χ0v) is 20.5. The standard InChI is InChI=1S/C26H35N3O3S/c1-28(26-27-25-6-4-3-5-21(25)19-33-26)22-11-14-29(15-12-22)17-23(30)18-32-16-13-20-7-9-24(31-2)10-8-20/h3-10,22-23,30H,11-19H2,1-2H3. The van der Waals surface area contributed by atoms with E-state index in [9.17, 15) is 5.11 Å². The highest BCUT2D eigenvalue weighted by atomic mass is 32.2. The third kappa shape index (κ3) is 6.73. The average Bonchev–Trinajstić information content (AvgIpc) is 2.86. The van der Waals surface area contributed by atoms with Gasteiger partial charge in [0.1, 0.15) is 5.75 Å². The molecule has 2 aromatic carbocycles. The van der Waals surface area contributed by atoms with Crippen LogP contribution in [0.15, 0.2) is 53.5 Å². The van der Waals surface area contributed by atoms with Crippen molar-refractivity contribution in [2.45, 2.75) is 37.2 Å². The first-order valence-electron chi connectivity index (χ1n) is 11.8. The van der Waals surface area contributed by atoms with Crippen LogP contribution in [-0.4, -0.2) is 79.2 Å². The van der Waals surface area contributed by atoms with E-state index in [1.807, 2.05) is 23.9 Å². The van der Waals surface area contributed by atoms with E-state index in [1.165, 1.54) is 11.1 Å². The highest BCUT2D eigenvalue weighted by Crippen LogP contribution is 2.32. The lowest BCUT2D eigenvalue weighted by Gasteiger charge is -2.39. The van der Waals surface area contributed by atoms with Gasteiger partial charge in [-0.1, -0.05) is 42.1 Å².